The van der Waals surface area contributed by atoms with Crippen molar-refractivity contribution in [1.82, 2.24) is 9.80 Å². The Balaban J connectivity index is 1.67. The van der Waals surface area contributed by atoms with Crippen molar-refractivity contribution in [3.05, 3.63) is 28.3 Å². The molecule has 1 aromatic carbocycles. The fourth-order valence-corrected chi connectivity index (χ4v) is 4.13. The number of nitro benzene ring substituents is 1. The molecule has 2 aliphatic heterocycles. The molecule has 0 radical (unpaired) electrons. The molecule has 0 aliphatic carbocycles. The third-order valence-corrected chi connectivity index (χ3v) is 5.84. The predicted octanol–water partition coefficient (Wildman–Crippen LogP) is -0.777. The van der Waals surface area contributed by atoms with Crippen molar-refractivity contribution in [3.63, 3.8) is 0 Å². The molecule has 0 bridgehead atoms. The van der Waals surface area contributed by atoms with E-state index in [9.17, 15) is 23.3 Å². The maximum atomic E-state index is 12.5. The van der Waals surface area contributed by atoms with Gasteiger partial charge in [-0.25, -0.2) is 13.6 Å². The number of nitrogens with zero attached hydrogens (tertiary/aromatic N) is 4. The minimum atomic E-state index is -4.13. The lowest BCUT2D eigenvalue weighted by Gasteiger charge is -2.37. The van der Waals surface area contributed by atoms with Crippen molar-refractivity contribution in [2.75, 3.05) is 63.9 Å². The average Bonchev–Trinajstić information content (AvgIpc) is 2.67. The molecule has 12 heteroatoms. The van der Waals surface area contributed by atoms with Crippen molar-refractivity contribution < 1.29 is 22.9 Å². The summed E-state index contributed by atoms with van der Waals surface area (Å²) in [6, 6.07) is 3.61. The molecule has 2 N–H and O–H groups in total. The van der Waals surface area contributed by atoms with Crippen LogP contribution in [0.4, 0.5) is 11.4 Å². The highest BCUT2D eigenvalue weighted by molar-refractivity contribution is 7.89. The molecular formula is C16H23N5O6S. The maximum absolute atomic E-state index is 12.5. The number of carbonyl (C=O) groups excluding carboxylic acids is 1. The highest BCUT2D eigenvalue weighted by Gasteiger charge is 2.27. The number of sulfonamides is 1. The van der Waals surface area contributed by atoms with Crippen LogP contribution in [0.1, 0.15) is 0 Å². The van der Waals surface area contributed by atoms with Crippen LogP contribution in [0.5, 0.6) is 0 Å². The first-order chi connectivity index (χ1) is 13.3. The van der Waals surface area contributed by atoms with Crippen molar-refractivity contribution in [2.45, 2.75) is 4.90 Å². The lowest BCUT2D eigenvalue weighted by molar-refractivity contribution is -0.385. The van der Waals surface area contributed by atoms with Crippen LogP contribution >= 0.6 is 0 Å². The van der Waals surface area contributed by atoms with E-state index < -0.39 is 14.9 Å². The second-order valence-electron chi connectivity index (χ2n) is 6.71. The van der Waals surface area contributed by atoms with E-state index in [-0.39, 0.29) is 16.5 Å². The first kappa shape index (κ1) is 20.5. The number of nitrogens with two attached hydrogens (primary N) is 1. The number of nitro groups is 1. The zero-order chi connectivity index (χ0) is 20.3. The number of morpholine rings is 1. The van der Waals surface area contributed by atoms with Gasteiger partial charge in [-0.2, -0.15) is 0 Å². The molecule has 0 saturated carbocycles. The summed E-state index contributed by atoms with van der Waals surface area (Å²) in [5.74, 6) is 0.0249. The molecule has 3 rings (SSSR count). The van der Waals surface area contributed by atoms with Gasteiger partial charge in [0.05, 0.1) is 30.4 Å². The Labute approximate surface area is 162 Å². The first-order valence-electron chi connectivity index (χ1n) is 8.90. The van der Waals surface area contributed by atoms with Crippen molar-refractivity contribution in [2.24, 2.45) is 5.14 Å². The van der Waals surface area contributed by atoms with Crippen molar-refractivity contribution in [1.29, 1.82) is 0 Å². The number of amides is 1. The molecule has 2 saturated heterocycles. The Bertz CT molecular complexity index is 847. The fraction of sp³-hybridized carbons (Fsp3) is 0.562. The van der Waals surface area contributed by atoms with Crippen LogP contribution in [0.2, 0.25) is 0 Å². The van der Waals surface area contributed by atoms with Gasteiger partial charge in [-0.15, -0.1) is 0 Å². The van der Waals surface area contributed by atoms with Gasteiger partial charge in [0.25, 0.3) is 5.69 Å². The Hall–Kier alpha value is -2.28. The number of hydrogen-bond acceptors (Lipinski definition) is 8. The summed E-state index contributed by atoms with van der Waals surface area (Å²) in [7, 11) is -4.13. The molecule has 28 heavy (non-hydrogen) atoms. The average molecular weight is 413 g/mol. The molecule has 11 nitrogen and oxygen atoms in total. The molecule has 0 aromatic heterocycles. The number of anilines is 1. The fourth-order valence-electron chi connectivity index (χ4n) is 3.35. The number of benzene rings is 1. The highest BCUT2D eigenvalue weighted by atomic mass is 32.2. The van der Waals surface area contributed by atoms with Crippen LogP contribution in [0, 0.1) is 10.1 Å². The smallest absolute Gasteiger partial charge is 0.270 e. The lowest BCUT2D eigenvalue weighted by atomic mass is 10.2. The molecule has 0 spiro atoms. The van der Waals surface area contributed by atoms with E-state index in [4.69, 9.17) is 9.88 Å². The monoisotopic (exact) mass is 413 g/mol. The zero-order valence-corrected chi connectivity index (χ0v) is 16.1. The van der Waals surface area contributed by atoms with E-state index in [1.54, 1.807) is 9.80 Å². The molecule has 154 valence electrons. The van der Waals surface area contributed by atoms with Crippen LogP contribution in [-0.4, -0.2) is 88.1 Å². The Morgan fingerprint density at radius 1 is 1.14 bits per heavy atom. The molecule has 2 aliphatic rings. The number of carbonyl (C=O) groups is 1. The van der Waals surface area contributed by atoms with Crippen LogP contribution in [0.25, 0.3) is 0 Å². The minimum absolute atomic E-state index is 0.0249. The summed E-state index contributed by atoms with van der Waals surface area (Å²) >= 11 is 0. The second kappa shape index (κ2) is 8.39. The number of ether oxygens (including phenoxy) is 1. The standard InChI is InChI=1S/C16H23N5O6S/c17-28(25,26)15-11-13(21(23)24)1-2-14(15)19-3-5-20(6-4-19)16(22)12-18-7-9-27-10-8-18/h1-2,11H,3-10,12H2,(H2,17,25,26). The molecular weight excluding hydrogens is 390 g/mol. The van der Waals surface area contributed by atoms with E-state index in [2.05, 4.69) is 0 Å². The quantitative estimate of drug-likeness (QED) is 0.490. The Morgan fingerprint density at radius 3 is 2.36 bits per heavy atom. The summed E-state index contributed by atoms with van der Waals surface area (Å²) in [6.45, 7) is 4.73. The summed E-state index contributed by atoms with van der Waals surface area (Å²) in [4.78, 5) is 28.1. The van der Waals surface area contributed by atoms with Crippen molar-refractivity contribution >= 4 is 27.3 Å². The van der Waals surface area contributed by atoms with Gasteiger partial charge in [-0.05, 0) is 6.07 Å². The first-order valence-corrected chi connectivity index (χ1v) is 10.4. The molecule has 2 fully saturated rings. The van der Waals surface area contributed by atoms with E-state index >= 15 is 0 Å². The molecule has 1 amide bonds. The Morgan fingerprint density at radius 2 is 1.79 bits per heavy atom. The lowest BCUT2D eigenvalue weighted by Crippen LogP contribution is -2.52. The zero-order valence-electron chi connectivity index (χ0n) is 15.3. The number of piperazine rings is 1. The van der Waals surface area contributed by atoms with E-state index in [0.29, 0.717) is 51.6 Å². The summed E-state index contributed by atoms with van der Waals surface area (Å²) in [5, 5.41) is 16.2. The number of non-ortho nitro benzene ring substituents is 1. The van der Waals surface area contributed by atoms with Crippen molar-refractivity contribution in [3.8, 4) is 0 Å². The van der Waals surface area contributed by atoms with Crippen LogP contribution in [-0.2, 0) is 19.6 Å². The number of primary sulfonamides is 1. The van der Waals surface area contributed by atoms with Gasteiger partial charge in [0.2, 0.25) is 15.9 Å². The topological polar surface area (TPSA) is 139 Å². The van der Waals surface area contributed by atoms with E-state index in [1.165, 1.54) is 12.1 Å². The molecule has 0 unspecified atom stereocenters. The number of rotatable bonds is 5. The summed E-state index contributed by atoms with van der Waals surface area (Å²) in [5.41, 5.74) is -0.0273. The van der Waals surface area contributed by atoms with Gasteiger partial charge in [0.1, 0.15) is 4.90 Å². The predicted molar refractivity (Wildman–Crippen MR) is 101 cm³/mol. The maximum Gasteiger partial charge on any atom is 0.270 e. The van der Waals surface area contributed by atoms with E-state index in [1.807, 2.05) is 4.90 Å². The summed E-state index contributed by atoms with van der Waals surface area (Å²) in [6.07, 6.45) is 0. The molecule has 2 heterocycles. The van der Waals surface area contributed by atoms with Gasteiger partial charge in [-0.1, -0.05) is 0 Å². The SMILES string of the molecule is NS(=O)(=O)c1cc([N+](=O)[O-])ccc1N1CCN(C(=O)CN2CCOCC2)CC1. The van der Waals surface area contributed by atoms with Gasteiger partial charge in [-0.3, -0.25) is 19.8 Å². The van der Waals surface area contributed by atoms with Gasteiger partial charge < -0.3 is 14.5 Å². The van der Waals surface area contributed by atoms with Gasteiger partial charge in [0.15, 0.2) is 0 Å². The minimum Gasteiger partial charge on any atom is -0.379 e. The Kier molecular flexibility index (Phi) is 6.13. The largest absolute Gasteiger partial charge is 0.379 e. The van der Waals surface area contributed by atoms with E-state index in [0.717, 1.165) is 19.2 Å². The number of hydrogen-bond donors (Lipinski definition) is 1. The van der Waals surface area contributed by atoms with Crippen LogP contribution in [0.3, 0.4) is 0 Å². The molecule has 0 atom stereocenters. The third-order valence-electron chi connectivity index (χ3n) is 4.90. The van der Waals surface area contributed by atoms with Gasteiger partial charge in [0, 0.05) is 51.4 Å². The second-order valence-corrected chi connectivity index (χ2v) is 8.24. The summed E-state index contributed by atoms with van der Waals surface area (Å²) < 4.78 is 29.1. The highest BCUT2D eigenvalue weighted by Crippen LogP contribution is 2.29. The molecule has 1 aromatic rings. The van der Waals surface area contributed by atoms with Crippen LogP contribution in [0.15, 0.2) is 23.1 Å². The normalized spacial score (nSPS) is 18.9. The van der Waals surface area contributed by atoms with Gasteiger partial charge >= 0.3 is 0 Å². The van der Waals surface area contributed by atoms with Crippen LogP contribution < -0.4 is 10.0 Å². The third kappa shape index (κ3) is 4.76.